The van der Waals surface area contributed by atoms with E-state index in [9.17, 15) is 14.7 Å². The molecule has 5 heteroatoms. The van der Waals surface area contributed by atoms with Crippen LogP contribution in [0.15, 0.2) is 72.8 Å². The molecule has 2 amide bonds. The van der Waals surface area contributed by atoms with Crippen LogP contribution in [0.2, 0.25) is 0 Å². The Hall–Kier alpha value is -3.18. The first-order valence-corrected chi connectivity index (χ1v) is 9.42. The van der Waals surface area contributed by atoms with Gasteiger partial charge in [0.1, 0.15) is 0 Å². The van der Waals surface area contributed by atoms with Crippen LogP contribution in [0.25, 0.3) is 10.8 Å². The summed E-state index contributed by atoms with van der Waals surface area (Å²) in [6.07, 6.45) is -0.622. The van der Waals surface area contributed by atoms with E-state index in [0.29, 0.717) is 6.54 Å². The predicted octanol–water partition coefficient (Wildman–Crippen LogP) is 3.04. The number of aliphatic hydroxyl groups is 1. The Morgan fingerprint density at radius 1 is 1.04 bits per heavy atom. The van der Waals surface area contributed by atoms with Gasteiger partial charge < -0.3 is 15.3 Å². The number of fused-ring (bicyclic) bond motifs is 1. The second-order valence-electron chi connectivity index (χ2n) is 7.07. The van der Waals surface area contributed by atoms with Crippen molar-refractivity contribution >= 4 is 28.3 Å². The van der Waals surface area contributed by atoms with Gasteiger partial charge in [-0.2, -0.15) is 0 Å². The molecule has 0 saturated carbocycles. The largest absolute Gasteiger partial charge is 0.387 e. The van der Waals surface area contributed by atoms with E-state index in [1.54, 1.807) is 4.90 Å². The van der Waals surface area contributed by atoms with Crippen molar-refractivity contribution in [1.29, 1.82) is 0 Å². The third-order valence-corrected chi connectivity index (χ3v) is 5.22. The number of amides is 2. The van der Waals surface area contributed by atoms with Crippen LogP contribution < -0.4 is 10.2 Å². The second kappa shape index (κ2) is 7.82. The number of aliphatic hydroxyl groups excluding tert-OH is 1. The number of hydrogen-bond donors (Lipinski definition) is 2. The lowest BCUT2D eigenvalue weighted by molar-refractivity contribution is -0.126. The summed E-state index contributed by atoms with van der Waals surface area (Å²) in [7, 11) is 0. The van der Waals surface area contributed by atoms with Gasteiger partial charge in [0.05, 0.1) is 12.0 Å². The zero-order chi connectivity index (χ0) is 19.5. The maximum absolute atomic E-state index is 12.6. The Kier molecular flexibility index (Phi) is 5.08. The van der Waals surface area contributed by atoms with E-state index in [2.05, 4.69) is 5.32 Å². The number of anilines is 1. The molecule has 0 aliphatic carbocycles. The summed E-state index contributed by atoms with van der Waals surface area (Å²) in [4.78, 5) is 26.5. The van der Waals surface area contributed by atoms with Gasteiger partial charge in [0, 0.05) is 25.2 Å². The van der Waals surface area contributed by atoms with Gasteiger partial charge in [-0.1, -0.05) is 60.7 Å². The van der Waals surface area contributed by atoms with E-state index < -0.39 is 12.0 Å². The Labute approximate surface area is 163 Å². The highest BCUT2D eigenvalue weighted by atomic mass is 16.3. The van der Waals surface area contributed by atoms with Crippen molar-refractivity contribution in [2.24, 2.45) is 5.92 Å². The minimum absolute atomic E-state index is 0.0547. The highest BCUT2D eigenvalue weighted by molar-refractivity contribution is 6.00. The van der Waals surface area contributed by atoms with Crippen LogP contribution in [0, 0.1) is 5.92 Å². The Morgan fingerprint density at radius 2 is 1.75 bits per heavy atom. The molecule has 0 aromatic heterocycles. The third-order valence-electron chi connectivity index (χ3n) is 5.22. The molecule has 1 heterocycles. The molecule has 142 valence electrons. The maximum atomic E-state index is 12.6. The van der Waals surface area contributed by atoms with E-state index in [1.165, 1.54) is 0 Å². The summed E-state index contributed by atoms with van der Waals surface area (Å²) in [6, 6.07) is 23.0. The lowest BCUT2D eigenvalue weighted by atomic mass is 10.00. The molecule has 2 atom stereocenters. The maximum Gasteiger partial charge on any atom is 0.227 e. The van der Waals surface area contributed by atoms with Crippen LogP contribution in [0.4, 0.5) is 5.69 Å². The molecule has 1 saturated heterocycles. The summed E-state index contributed by atoms with van der Waals surface area (Å²) in [5, 5.41) is 15.4. The lowest BCUT2D eigenvalue weighted by Crippen LogP contribution is -2.35. The predicted molar refractivity (Wildman–Crippen MR) is 109 cm³/mol. The van der Waals surface area contributed by atoms with Gasteiger partial charge in [0.25, 0.3) is 0 Å². The van der Waals surface area contributed by atoms with Crippen molar-refractivity contribution < 1.29 is 14.7 Å². The normalized spacial score (nSPS) is 17.7. The monoisotopic (exact) mass is 374 g/mol. The second-order valence-corrected chi connectivity index (χ2v) is 7.07. The van der Waals surface area contributed by atoms with Crippen LogP contribution in [-0.2, 0) is 9.59 Å². The highest BCUT2D eigenvalue weighted by Gasteiger charge is 2.35. The van der Waals surface area contributed by atoms with Crippen molar-refractivity contribution in [3.8, 4) is 0 Å². The van der Waals surface area contributed by atoms with Gasteiger partial charge in [-0.05, 0) is 28.5 Å². The average molecular weight is 374 g/mol. The van der Waals surface area contributed by atoms with Crippen molar-refractivity contribution in [2.75, 3.05) is 18.0 Å². The Bertz CT molecular complexity index is 998. The minimum Gasteiger partial charge on any atom is -0.387 e. The first kappa shape index (κ1) is 18.2. The summed E-state index contributed by atoms with van der Waals surface area (Å²) in [6.45, 7) is 0.474. The van der Waals surface area contributed by atoms with E-state index in [1.807, 2.05) is 72.8 Å². The van der Waals surface area contributed by atoms with Gasteiger partial charge >= 0.3 is 0 Å². The molecule has 0 radical (unpaired) electrons. The molecule has 0 spiro atoms. The number of benzene rings is 3. The molecule has 3 aromatic carbocycles. The molecule has 1 aliphatic heterocycles. The number of carbonyl (C=O) groups is 2. The van der Waals surface area contributed by atoms with Crippen molar-refractivity contribution in [2.45, 2.75) is 12.5 Å². The first-order chi connectivity index (χ1) is 13.6. The van der Waals surface area contributed by atoms with E-state index in [-0.39, 0.29) is 24.8 Å². The van der Waals surface area contributed by atoms with Gasteiger partial charge in [0.15, 0.2) is 0 Å². The fraction of sp³-hybridized carbons (Fsp3) is 0.217. The van der Waals surface area contributed by atoms with Crippen LogP contribution >= 0.6 is 0 Å². The number of para-hydroxylation sites is 1. The van der Waals surface area contributed by atoms with Gasteiger partial charge in [-0.3, -0.25) is 9.59 Å². The molecule has 4 rings (SSSR count). The molecular weight excluding hydrogens is 352 g/mol. The molecule has 5 nitrogen and oxygen atoms in total. The van der Waals surface area contributed by atoms with Crippen LogP contribution in [0.5, 0.6) is 0 Å². The van der Waals surface area contributed by atoms with E-state index in [4.69, 9.17) is 0 Å². The molecule has 1 aliphatic rings. The fourth-order valence-corrected chi connectivity index (χ4v) is 3.73. The number of rotatable bonds is 5. The van der Waals surface area contributed by atoms with Crippen molar-refractivity contribution in [3.63, 3.8) is 0 Å². The number of nitrogens with zero attached hydrogens (tertiary/aromatic N) is 1. The van der Waals surface area contributed by atoms with Crippen molar-refractivity contribution in [1.82, 2.24) is 5.32 Å². The Morgan fingerprint density at radius 3 is 2.57 bits per heavy atom. The molecule has 2 unspecified atom stereocenters. The standard InChI is InChI=1S/C23H22N2O3/c26-21(20-12-6-8-16-7-4-5-11-19(16)20)14-24-23(28)17-13-22(27)25(15-17)18-9-2-1-3-10-18/h1-12,17,21,26H,13-15H2,(H,24,28). The minimum atomic E-state index is -0.808. The van der Waals surface area contributed by atoms with Gasteiger partial charge in [0.2, 0.25) is 11.8 Å². The van der Waals surface area contributed by atoms with Crippen LogP contribution in [-0.4, -0.2) is 30.0 Å². The molecule has 0 bridgehead atoms. The molecule has 28 heavy (non-hydrogen) atoms. The molecule has 1 fully saturated rings. The zero-order valence-electron chi connectivity index (χ0n) is 15.4. The quantitative estimate of drug-likeness (QED) is 0.721. The Balaban J connectivity index is 1.40. The number of nitrogens with one attached hydrogen (secondary N) is 1. The molecular formula is C23H22N2O3. The van der Waals surface area contributed by atoms with E-state index >= 15 is 0 Å². The van der Waals surface area contributed by atoms with E-state index in [0.717, 1.165) is 22.0 Å². The zero-order valence-corrected chi connectivity index (χ0v) is 15.4. The third kappa shape index (κ3) is 3.62. The van der Waals surface area contributed by atoms with Gasteiger partial charge in [-0.25, -0.2) is 0 Å². The summed E-state index contributed by atoms with van der Waals surface area (Å²) < 4.78 is 0. The average Bonchev–Trinajstić information content (AvgIpc) is 3.13. The lowest BCUT2D eigenvalue weighted by Gasteiger charge is -2.18. The smallest absolute Gasteiger partial charge is 0.227 e. The van der Waals surface area contributed by atoms with Gasteiger partial charge in [-0.15, -0.1) is 0 Å². The summed E-state index contributed by atoms with van der Waals surface area (Å²) in [5.74, 6) is -0.667. The highest BCUT2D eigenvalue weighted by Crippen LogP contribution is 2.26. The molecule has 2 N–H and O–H groups in total. The number of hydrogen-bond acceptors (Lipinski definition) is 3. The van der Waals surface area contributed by atoms with Crippen LogP contribution in [0.3, 0.4) is 0 Å². The topological polar surface area (TPSA) is 69.6 Å². The first-order valence-electron chi connectivity index (χ1n) is 9.42. The summed E-state index contributed by atoms with van der Waals surface area (Å²) >= 11 is 0. The molecule has 3 aromatic rings. The fourth-order valence-electron chi connectivity index (χ4n) is 3.73. The number of carbonyl (C=O) groups excluding carboxylic acids is 2. The SMILES string of the molecule is O=C(NCC(O)c1cccc2ccccc12)C1CC(=O)N(c2ccccc2)C1. The van der Waals surface area contributed by atoms with Crippen molar-refractivity contribution in [3.05, 3.63) is 78.4 Å². The van der Waals surface area contributed by atoms with Crippen LogP contribution in [0.1, 0.15) is 18.1 Å². The summed E-state index contributed by atoms with van der Waals surface area (Å²) in [5.41, 5.74) is 1.59.